The Balaban J connectivity index is 0.000000261. The molecule has 0 saturated heterocycles. The SMILES string of the molecule is Cc1ccc(S(=O)(=O)O)cc1.NC/C(=C\F)COc1ccc2nc(NCc3ccncc3)oc2c1. The van der Waals surface area contributed by atoms with Gasteiger partial charge in [-0.15, -0.1) is 0 Å². The molecule has 4 rings (SSSR count). The van der Waals surface area contributed by atoms with E-state index in [1.54, 1.807) is 42.7 Å². The van der Waals surface area contributed by atoms with E-state index in [1.807, 2.05) is 19.1 Å². The van der Waals surface area contributed by atoms with E-state index < -0.39 is 10.1 Å². The number of hydrogen-bond acceptors (Lipinski definition) is 8. The molecule has 0 bridgehead atoms. The molecule has 0 saturated carbocycles. The molecule has 2 aromatic carbocycles. The minimum atomic E-state index is -4.02. The molecule has 0 unspecified atom stereocenters. The average molecular weight is 501 g/mol. The van der Waals surface area contributed by atoms with E-state index in [4.69, 9.17) is 19.4 Å². The summed E-state index contributed by atoms with van der Waals surface area (Å²) in [5.41, 5.74) is 9.10. The second-order valence-electron chi connectivity index (χ2n) is 7.41. The summed E-state index contributed by atoms with van der Waals surface area (Å²) >= 11 is 0. The quantitative estimate of drug-likeness (QED) is 0.303. The van der Waals surface area contributed by atoms with Gasteiger partial charge in [-0.1, -0.05) is 17.7 Å². The highest BCUT2D eigenvalue weighted by atomic mass is 32.2. The minimum Gasteiger partial charge on any atom is -0.489 e. The molecule has 2 aromatic heterocycles. The molecule has 0 atom stereocenters. The number of halogens is 1. The molecule has 0 radical (unpaired) electrons. The summed E-state index contributed by atoms with van der Waals surface area (Å²) in [6, 6.07) is 15.5. The summed E-state index contributed by atoms with van der Waals surface area (Å²) in [5, 5.41) is 3.12. The van der Waals surface area contributed by atoms with E-state index in [1.165, 1.54) is 12.1 Å². The summed E-state index contributed by atoms with van der Waals surface area (Å²) in [4.78, 5) is 8.26. The lowest BCUT2D eigenvalue weighted by atomic mass is 10.2. The third-order valence-electron chi connectivity index (χ3n) is 4.71. The first-order valence-corrected chi connectivity index (χ1v) is 11.9. The summed E-state index contributed by atoms with van der Waals surface area (Å²) < 4.78 is 53.2. The van der Waals surface area contributed by atoms with Crippen LogP contribution in [-0.4, -0.2) is 36.1 Å². The largest absolute Gasteiger partial charge is 0.489 e. The number of anilines is 1. The van der Waals surface area contributed by atoms with E-state index in [0.717, 1.165) is 11.1 Å². The molecule has 0 fully saturated rings. The number of fused-ring (bicyclic) bond motifs is 1. The predicted molar refractivity (Wildman–Crippen MR) is 130 cm³/mol. The molecule has 9 nitrogen and oxygen atoms in total. The first kappa shape index (κ1) is 25.8. The molecule has 35 heavy (non-hydrogen) atoms. The van der Waals surface area contributed by atoms with Gasteiger partial charge >= 0.3 is 0 Å². The molecule has 0 aliphatic heterocycles. The number of nitrogens with one attached hydrogen (secondary N) is 1. The van der Waals surface area contributed by atoms with Gasteiger partial charge in [0.15, 0.2) is 5.58 Å². The van der Waals surface area contributed by atoms with Crippen molar-refractivity contribution in [2.45, 2.75) is 18.4 Å². The lowest BCUT2D eigenvalue weighted by molar-refractivity contribution is 0.347. The fourth-order valence-corrected chi connectivity index (χ4v) is 3.25. The zero-order valence-corrected chi connectivity index (χ0v) is 19.7. The van der Waals surface area contributed by atoms with Gasteiger partial charge in [0.2, 0.25) is 0 Å². The number of ether oxygens (including phenoxy) is 1. The van der Waals surface area contributed by atoms with Crippen LogP contribution in [0.15, 0.2) is 88.2 Å². The van der Waals surface area contributed by atoms with Crippen LogP contribution < -0.4 is 15.8 Å². The Morgan fingerprint density at radius 3 is 2.51 bits per heavy atom. The Labute approximate surface area is 202 Å². The molecular formula is C24H25FN4O5S. The summed E-state index contributed by atoms with van der Waals surface area (Å²) in [6.45, 7) is 2.64. The maximum Gasteiger partial charge on any atom is 0.295 e. The fraction of sp³-hybridized carbons (Fsp3) is 0.167. The Kier molecular flexibility index (Phi) is 8.90. The fourth-order valence-electron chi connectivity index (χ4n) is 2.77. The maximum absolute atomic E-state index is 12.5. The zero-order chi connectivity index (χ0) is 25.3. The molecule has 4 N–H and O–H groups in total. The van der Waals surface area contributed by atoms with Crippen LogP contribution in [0.2, 0.25) is 0 Å². The number of nitrogens with zero attached hydrogens (tertiary/aromatic N) is 2. The third-order valence-corrected chi connectivity index (χ3v) is 5.58. The van der Waals surface area contributed by atoms with Crippen molar-refractivity contribution in [3.05, 3.63) is 90.0 Å². The zero-order valence-electron chi connectivity index (χ0n) is 18.9. The van der Waals surface area contributed by atoms with E-state index in [2.05, 4.69) is 15.3 Å². The van der Waals surface area contributed by atoms with Crippen LogP contribution in [-0.2, 0) is 16.7 Å². The molecule has 0 aliphatic rings. The number of nitrogens with two attached hydrogens (primary N) is 1. The number of pyridine rings is 1. The van der Waals surface area contributed by atoms with Gasteiger partial charge in [0.05, 0.1) is 11.2 Å². The van der Waals surface area contributed by atoms with Gasteiger partial charge in [-0.2, -0.15) is 13.4 Å². The second kappa shape index (κ2) is 12.1. The smallest absolute Gasteiger partial charge is 0.295 e. The maximum atomic E-state index is 12.5. The molecule has 0 amide bonds. The van der Waals surface area contributed by atoms with Crippen molar-refractivity contribution in [2.24, 2.45) is 5.73 Å². The van der Waals surface area contributed by atoms with Crippen LogP contribution in [0.4, 0.5) is 10.4 Å². The highest BCUT2D eigenvalue weighted by molar-refractivity contribution is 7.85. The molecule has 2 heterocycles. The topological polar surface area (TPSA) is 141 Å². The Morgan fingerprint density at radius 2 is 1.89 bits per heavy atom. The van der Waals surface area contributed by atoms with Crippen molar-refractivity contribution in [1.82, 2.24) is 9.97 Å². The first-order valence-electron chi connectivity index (χ1n) is 10.5. The van der Waals surface area contributed by atoms with Gasteiger partial charge in [-0.3, -0.25) is 9.54 Å². The molecule has 11 heteroatoms. The van der Waals surface area contributed by atoms with Crippen LogP contribution in [0.1, 0.15) is 11.1 Å². The number of aryl methyl sites for hydroxylation is 1. The van der Waals surface area contributed by atoms with E-state index in [9.17, 15) is 12.8 Å². The average Bonchev–Trinajstić information content (AvgIpc) is 3.26. The lowest BCUT2D eigenvalue weighted by Gasteiger charge is -2.06. The first-order chi connectivity index (χ1) is 16.8. The standard InChI is InChI=1S/C17H17FN4O2.C7H8O3S/c18-8-13(9-19)11-23-14-1-2-15-16(7-14)24-17(22-15)21-10-12-3-5-20-6-4-12;1-6-2-4-7(5-3-6)11(8,9)10/h1-8H,9-11,19H2,(H,21,22);2-5H,1H3,(H,8,9,10)/b13-8+;. The van der Waals surface area contributed by atoms with Gasteiger partial charge in [-0.25, -0.2) is 4.39 Å². The predicted octanol–water partition coefficient (Wildman–Crippen LogP) is 4.27. The Hall–Kier alpha value is -3.80. The Bertz CT molecular complexity index is 1370. The molecule has 0 spiro atoms. The van der Waals surface area contributed by atoms with Crippen molar-refractivity contribution < 1.29 is 26.5 Å². The number of rotatable bonds is 8. The second-order valence-corrected chi connectivity index (χ2v) is 8.83. The van der Waals surface area contributed by atoms with Crippen molar-refractivity contribution in [2.75, 3.05) is 18.5 Å². The van der Waals surface area contributed by atoms with Crippen molar-refractivity contribution in [1.29, 1.82) is 0 Å². The lowest BCUT2D eigenvalue weighted by Crippen LogP contribution is -2.10. The summed E-state index contributed by atoms with van der Waals surface area (Å²) in [6.07, 6.45) is 3.93. The van der Waals surface area contributed by atoms with Crippen LogP contribution >= 0.6 is 0 Å². The van der Waals surface area contributed by atoms with Crippen LogP contribution in [0.5, 0.6) is 5.75 Å². The van der Waals surface area contributed by atoms with E-state index in [0.29, 0.717) is 41.3 Å². The molecule has 4 aromatic rings. The molecular weight excluding hydrogens is 475 g/mol. The highest BCUT2D eigenvalue weighted by Crippen LogP contribution is 2.24. The monoisotopic (exact) mass is 500 g/mol. The minimum absolute atomic E-state index is 0.0666. The number of hydrogen-bond donors (Lipinski definition) is 3. The Morgan fingerprint density at radius 1 is 1.17 bits per heavy atom. The number of benzene rings is 2. The normalized spacial score (nSPS) is 11.6. The van der Waals surface area contributed by atoms with Crippen LogP contribution in [0, 0.1) is 6.92 Å². The van der Waals surface area contributed by atoms with Gasteiger partial charge < -0.3 is 20.2 Å². The number of aromatic nitrogens is 2. The van der Waals surface area contributed by atoms with Crippen LogP contribution in [0.3, 0.4) is 0 Å². The van der Waals surface area contributed by atoms with Gasteiger partial charge in [-0.05, 0) is 48.9 Å². The summed E-state index contributed by atoms with van der Waals surface area (Å²) in [5.74, 6) is 0.562. The molecule has 0 aliphatic carbocycles. The highest BCUT2D eigenvalue weighted by Gasteiger charge is 2.08. The van der Waals surface area contributed by atoms with Crippen molar-refractivity contribution >= 4 is 27.2 Å². The van der Waals surface area contributed by atoms with Gasteiger partial charge in [0.25, 0.3) is 16.1 Å². The van der Waals surface area contributed by atoms with Gasteiger partial charge in [0, 0.05) is 37.1 Å². The van der Waals surface area contributed by atoms with Crippen LogP contribution in [0.25, 0.3) is 11.1 Å². The van der Waals surface area contributed by atoms with Gasteiger partial charge in [0.1, 0.15) is 17.9 Å². The van der Waals surface area contributed by atoms with Crippen molar-refractivity contribution in [3.63, 3.8) is 0 Å². The summed E-state index contributed by atoms with van der Waals surface area (Å²) in [7, 11) is -4.02. The van der Waals surface area contributed by atoms with E-state index in [-0.39, 0.29) is 18.0 Å². The van der Waals surface area contributed by atoms with E-state index >= 15 is 0 Å². The number of oxazole rings is 1. The third kappa shape index (κ3) is 7.88. The van der Waals surface area contributed by atoms with Crippen molar-refractivity contribution in [3.8, 4) is 5.75 Å². The molecule has 184 valence electrons.